The maximum Gasteiger partial charge on any atom is 0.323 e. The van der Waals surface area contributed by atoms with Gasteiger partial charge in [-0.1, -0.05) is 6.92 Å². The quantitative estimate of drug-likeness (QED) is 0.748. The molecule has 0 spiro atoms. The highest BCUT2D eigenvalue weighted by molar-refractivity contribution is 5.78. The fourth-order valence-electron chi connectivity index (χ4n) is 1.58. The van der Waals surface area contributed by atoms with Gasteiger partial charge in [0.15, 0.2) is 11.6 Å². The van der Waals surface area contributed by atoms with Gasteiger partial charge >= 0.3 is 5.97 Å². The van der Waals surface area contributed by atoms with Crippen LogP contribution < -0.4 is 10.5 Å². The summed E-state index contributed by atoms with van der Waals surface area (Å²) in [5.41, 5.74) is 4.43. The Labute approximate surface area is 110 Å². The third-order valence-electron chi connectivity index (χ3n) is 2.98. The lowest BCUT2D eigenvalue weighted by Gasteiger charge is -2.22. The Morgan fingerprint density at radius 3 is 2.63 bits per heavy atom. The Bertz CT molecular complexity index is 454. The molecule has 0 radical (unpaired) electrons. The fourth-order valence-corrected chi connectivity index (χ4v) is 1.58. The zero-order chi connectivity index (χ0) is 14.5. The topological polar surface area (TPSA) is 72.5 Å². The second-order valence-electron chi connectivity index (χ2n) is 4.34. The summed E-state index contributed by atoms with van der Waals surface area (Å²) in [5.74, 6) is -2.77. The van der Waals surface area contributed by atoms with Crippen molar-refractivity contribution in [1.82, 2.24) is 0 Å². The molecule has 1 aromatic rings. The molecule has 1 atom stereocenters. The molecule has 1 unspecified atom stereocenters. The number of carbonyl (C=O) groups is 1. The molecule has 0 bridgehead atoms. The van der Waals surface area contributed by atoms with Crippen LogP contribution in [0.3, 0.4) is 0 Å². The average molecular weight is 273 g/mol. The predicted molar refractivity (Wildman–Crippen MR) is 65.9 cm³/mol. The number of carboxylic acids is 1. The first-order valence-corrected chi connectivity index (χ1v) is 5.99. The number of carboxylic acid groups (broad SMARTS) is 1. The molecular weight excluding hydrogens is 256 g/mol. The number of benzene rings is 1. The molecule has 0 saturated heterocycles. The van der Waals surface area contributed by atoms with Gasteiger partial charge in [0.2, 0.25) is 0 Å². The third-order valence-corrected chi connectivity index (χ3v) is 2.98. The predicted octanol–water partition coefficient (Wildman–Crippen LogP) is 2.32. The lowest BCUT2D eigenvalue weighted by molar-refractivity contribution is -0.143. The second kappa shape index (κ2) is 6.47. The largest absolute Gasteiger partial charge is 0.493 e. The van der Waals surface area contributed by atoms with E-state index >= 15 is 0 Å². The van der Waals surface area contributed by atoms with Gasteiger partial charge in [-0.25, -0.2) is 8.78 Å². The highest BCUT2D eigenvalue weighted by Crippen LogP contribution is 2.18. The minimum atomic E-state index is -1.27. The van der Waals surface area contributed by atoms with Crippen molar-refractivity contribution in [1.29, 1.82) is 0 Å². The first kappa shape index (κ1) is 15.4. The normalized spacial score (nSPS) is 13.9. The Hall–Kier alpha value is -1.69. The Kier molecular flexibility index (Phi) is 5.23. The molecule has 1 aromatic carbocycles. The summed E-state index contributed by atoms with van der Waals surface area (Å²) in [7, 11) is 0. The van der Waals surface area contributed by atoms with E-state index in [2.05, 4.69) is 0 Å². The van der Waals surface area contributed by atoms with Crippen molar-refractivity contribution in [2.45, 2.75) is 31.7 Å². The van der Waals surface area contributed by atoms with Gasteiger partial charge in [0.05, 0.1) is 6.61 Å². The van der Waals surface area contributed by atoms with Gasteiger partial charge < -0.3 is 15.6 Å². The van der Waals surface area contributed by atoms with E-state index in [1.54, 1.807) is 6.92 Å². The molecule has 106 valence electrons. The van der Waals surface area contributed by atoms with E-state index in [1.165, 1.54) is 6.07 Å². The zero-order valence-electron chi connectivity index (χ0n) is 10.7. The average Bonchev–Trinajstić information content (AvgIpc) is 2.38. The SMILES string of the molecule is CCC(N)(CCCOc1ccc(F)c(F)c1)C(=O)O. The number of aliphatic carboxylic acids is 1. The summed E-state index contributed by atoms with van der Waals surface area (Å²) in [6.45, 7) is 1.89. The van der Waals surface area contributed by atoms with Crippen molar-refractivity contribution in [3.8, 4) is 5.75 Å². The van der Waals surface area contributed by atoms with Crippen LogP contribution in [0.5, 0.6) is 5.75 Å². The molecule has 19 heavy (non-hydrogen) atoms. The summed E-state index contributed by atoms with van der Waals surface area (Å²) in [6, 6.07) is 3.23. The Balaban J connectivity index is 2.42. The summed E-state index contributed by atoms with van der Waals surface area (Å²) in [6.07, 6.45) is 0.978. The summed E-state index contributed by atoms with van der Waals surface area (Å²) in [5, 5.41) is 8.96. The standard InChI is InChI=1S/C13H17F2NO3/c1-2-13(16,12(17)18)6-3-7-19-9-4-5-10(14)11(15)8-9/h4-5,8H,2-3,6-7,16H2,1H3,(H,17,18). The van der Waals surface area contributed by atoms with Crippen molar-refractivity contribution < 1.29 is 23.4 Å². The maximum absolute atomic E-state index is 12.9. The minimum absolute atomic E-state index is 0.192. The van der Waals surface area contributed by atoms with Crippen LogP contribution in [0, 0.1) is 11.6 Å². The highest BCUT2D eigenvalue weighted by Gasteiger charge is 2.30. The van der Waals surface area contributed by atoms with Crippen molar-refractivity contribution in [2.75, 3.05) is 6.61 Å². The van der Waals surface area contributed by atoms with Crippen LogP contribution in [0.2, 0.25) is 0 Å². The molecule has 3 N–H and O–H groups in total. The molecular formula is C13H17F2NO3. The maximum atomic E-state index is 12.9. The van der Waals surface area contributed by atoms with Crippen LogP contribution in [0.1, 0.15) is 26.2 Å². The van der Waals surface area contributed by atoms with Gasteiger partial charge in [-0.2, -0.15) is 0 Å². The van der Waals surface area contributed by atoms with Gasteiger partial charge in [0.25, 0.3) is 0 Å². The summed E-state index contributed by atoms with van der Waals surface area (Å²) >= 11 is 0. The van der Waals surface area contributed by atoms with Crippen molar-refractivity contribution in [3.63, 3.8) is 0 Å². The van der Waals surface area contributed by atoms with Crippen LogP contribution in [0.4, 0.5) is 8.78 Å². The highest BCUT2D eigenvalue weighted by atomic mass is 19.2. The van der Waals surface area contributed by atoms with Crippen molar-refractivity contribution in [3.05, 3.63) is 29.8 Å². The molecule has 6 heteroatoms. The Morgan fingerprint density at radius 1 is 1.42 bits per heavy atom. The number of halogens is 2. The molecule has 0 aliphatic rings. The molecule has 0 fully saturated rings. The lowest BCUT2D eigenvalue weighted by atomic mass is 9.92. The van der Waals surface area contributed by atoms with Crippen LogP contribution in [0.25, 0.3) is 0 Å². The number of rotatable bonds is 7. The van der Waals surface area contributed by atoms with Gasteiger partial charge in [-0.15, -0.1) is 0 Å². The lowest BCUT2D eigenvalue weighted by Crippen LogP contribution is -2.47. The van der Waals surface area contributed by atoms with Crippen molar-refractivity contribution >= 4 is 5.97 Å². The van der Waals surface area contributed by atoms with Crippen LogP contribution in [-0.2, 0) is 4.79 Å². The molecule has 4 nitrogen and oxygen atoms in total. The molecule has 0 amide bonds. The molecule has 0 aliphatic carbocycles. The smallest absolute Gasteiger partial charge is 0.323 e. The zero-order valence-corrected chi connectivity index (χ0v) is 10.7. The first-order valence-electron chi connectivity index (χ1n) is 5.99. The van der Waals surface area contributed by atoms with E-state index in [0.717, 1.165) is 12.1 Å². The van der Waals surface area contributed by atoms with Crippen LogP contribution >= 0.6 is 0 Å². The van der Waals surface area contributed by atoms with E-state index in [1.807, 2.05) is 0 Å². The fraction of sp³-hybridized carbons (Fsp3) is 0.462. The molecule has 0 aliphatic heterocycles. The third kappa shape index (κ3) is 4.17. The molecule has 0 aromatic heterocycles. The van der Waals surface area contributed by atoms with Gasteiger partial charge in [-0.05, 0) is 31.4 Å². The molecule has 0 saturated carbocycles. The van der Waals surface area contributed by atoms with Crippen LogP contribution in [0.15, 0.2) is 18.2 Å². The first-order chi connectivity index (χ1) is 8.89. The Morgan fingerprint density at radius 2 is 2.11 bits per heavy atom. The summed E-state index contributed by atoms with van der Waals surface area (Å²) in [4.78, 5) is 10.9. The number of ether oxygens (including phenoxy) is 1. The van der Waals surface area contributed by atoms with E-state index in [-0.39, 0.29) is 18.8 Å². The van der Waals surface area contributed by atoms with Gasteiger partial charge in [0, 0.05) is 6.07 Å². The van der Waals surface area contributed by atoms with Gasteiger partial charge in [-0.3, -0.25) is 4.79 Å². The van der Waals surface area contributed by atoms with E-state index in [0.29, 0.717) is 12.8 Å². The van der Waals surface area contributed by atoms with Crippen molar-refractivity contribution in [2.24, 2.45) is 5.73 Å². The summed E-state index contributed by atoms with van der Waals surface area (Å²) < 4.78 is 30.8. The molecule has 0 heterocycles. The molecule has 1 rings (SSSR count). The van der Waals surface area contributed by atoms with E-state index in [9.17, 15) is 13.6 Å². The number of hydrogen-bond acceptors (Lipinski definition) is 3. The van der Waals surface area contributed by atoms with E-state index < -0.39 is 23.1 Å². The monoisotopic (exact) mass is 273 g/mol. The van der Waals surface area contributed by atoms with Crippen LogP contribution in [-0.4, -0.2) is 23.2 Å². The van der Waals surface area contributed by atoms with E-state index in [4.69, 9.17) is 15.6 Å². The second-order valence-corrected chi connectivity index (χ2v) is 4.34. The minimum Gasteiger partial charge on any atom is -0.493 e. The number of nitrogens with two attached hydrogens (primary N) is 1. The van der Waals surface area contributed by atoms with Gasteiger partial charge in [0.1, 0.15) is 11.3 Å². The number of hydrogen-bond donors (Lipinski definition) is 2.